The molecule has 3 rings (SSSR count). The topological polar surface area (TPSA) is 49.4 Å². The Balaban J connectivity index is 1.72. The predicted molar refractivity (Wildman–Crippen MR) is 91.7 cm³/mol. The van der Waals surface area contributed by atoms with E-state index < -0.39 is 0 Å². The monoisotopic (exact) mass is 328 g/mol. The maximum absolute atomic E-state index is 12.4. The lowest BCUT2D eigenvalue weighted by molar-refractivity contribution is -0.122. The summed E-state index contributed by atoms with van der Waals surface area (Å²) in [6.07, 6.45) is 0.213. The zero-order valence-corrected chi connectivity index (χ0v) is 13.5. The Morgan fingerprint density at radius 3 is 2.74 bits per heavy atom. The van der Waals surface area contributed by atoms with Gasteiger partial charge in [-0.3, -0.25) is 9.59 Å². The van der Waals surface area contributed by atoms with Crippen molar-refractivity contribution in [3.05, 3.63) is 59.1 Å². The van der Waals surface area contributed by atoms with Crippen molar-refractivity contribution in [1.29, 1.82) is 0 Å². The van der Waals surface area contributed by atoms with E-state index in [9.17, 15) is 9.59 Å². The summed E-state index contributed by atoms with van der Waals surface area (Å²) in [5.41, 5.74) is 2.49. The van der Waals surface area contributed by atoms with Gasteiger partial charge in [0.1, 0.15) is 0 Å². The molecule has 0 radical (unpaired) electrons. The van der Waals surface area contributed by atoms with E-state index in [1.165, 1.54) is 0 Å². The number of amides is 2. The summed E-state index contributed by atoms with van der Waals surface area (Å²) in [5, 5.41) is 3.29. The number of hydrogen-bond acceptors (Lipinski definition) is 2. The molecule has 5 heteroatoms. The Morgan fingerprint density at radius 1 is 1.22 bits per heavy atom. The summed E-state index contributed by atoms with van der Waals surface area (Å²) < 4.78 is 0. The van der Waals surface area contributed by atoms with Gasteiger partial charge in [-0.15, -0.1) is 0 Å². The number of nitrogens with one attached hydrogen (secondary N) is 1. The van der Waals surface area contributed by atoms with Crippen LogP contribution in [-0.4, -0.2) is 18.4 Å². The summed E-state index contributed by atoms with van der Waals surface area (Å²) in [5.74, 6) is -0.587. The molecule has 0 unspecified atom stereocenters. The number of halogens is 1. The third kappa shape index (κ3) is 3.37. The van der Waals surface area contributed by atoms with E-state index >= 15 is 0 Å². The third-order valence-corrected chi connectivity index (χ3v) is 4.27. The summed E-state index contributed by atoms with van der Waals surface area (Å²) >= 11 is 6.05. The summed E-state index contributed by atoms with van der Waals surface area (Å²) in [7, 11) is 0. The van der Waals surface area contributed by atoms with Crippen LogP contribution in [0.1, 0.15) is 12.0 Å². The van der Waals surface area contributed by atoms with E-state index in [1.807, 2.05) is 31.2 Å². The molecule has 1 fully saturated rings. The minimum absolute atomic E-state index is 0.0325. The maximum atomic E-state index is 12.4. The Bertz CT molecular complexity index is 760. The molecule has 0 saturated carbocycles. The van der Waals surface area contributed by atoms with Crippen molar-refractivity contribution in [3.8, 4) is 0 Å². The van der Waals surface area contributed by atoms with Crippen molar-refractivity contribution in [1.82, 2.24) is 0 Å². The number of rotatable bonds is 3. The second kappa shape index (κ2) is 6.42. The average molecular weight is 329 g/mol. The highest BCUT2D eigenvalue weighted by Crippen LogP contribution is 2.28. The molecule has 0 aliphatic carbocycles. The highest BCUT2D eigenvalue weighted by Gasteiger charge is 2.35. The number of benzene rings is 2. The van der Waals surface area contributed by atoms with Gasteiger partial charge in [0, 0.05) is 18.7 Å². The zero-order valence-electron chi connectivity index (χ0n) is 12.8. The molecule has 1 atom stereocenters. The van der Waals surface area contributed by atoms with Gasteiger partial charge in [0.25, 0.3) is 0 Å². The molecule has 0 bridgehead atoms. The highest BCUT2D eigenvalue weighted by atomic mass is 35.5. The first-order valence-electron chi connectivity index (χ1n) is 7.47. The van der Waals surface area contributed by atoms with Crippen LogP contribution in [0.5, 0.6) is 0 Å². The number of anilines is 2. The highest BCUT2D eigenvalue weighted by molar-refractivity contribution is 6.33. The van der Waals surface area contributed by atoms with Crippen LogP contribution in [0.4, 0.5) is 11.4 Å². The second-order valence-electron chi connectivity index (χ2n) is 5.71. The Kier molecular flexibility index (Phi) is 4.35. The van der Waals surface area contributed by atoms with Crippen LogP contribution in [0.3, 0.4) is 0 Å². The van der Waals surface area contributed by atoms with Crippen molar-refractivity contribution < 1.29 is 9.59 Å². The standard InChI is InChI=1S/C18H17ClN2O2/c1-12-5-4-6-14(9-12)21-11-13(10-17(21)22)18(23)20-16-8-3-2-7-15(16)19/h2-9,13H,10-11H2,1H3,(H,20,23)/t13-/m0/s1. The normalized spacial score (nSPS) is 17.4. The smallest absolute Gasteiger partial charge is 0.229 e. The van der Waals surface area contributed by atoms with E-state index in [-0.39, 0.29) is 24.2 Å². The van der Waals surface area contributed by atoms with E-state index in [0.717, 1.165) is 11.3 Å². The number of carbonyl (C=O) groups excluding carboxylic acids is 2. The minimum atomic E-state index is -0.376. The molecule has 1 heterocycles. The zero-order chi connectivity index (χ0) is 16.4. The Morgan fingerprint density at radius 2 is 2.00 bits per heavy atom. The Hall–Kier alpha value is -2.33. The average Bonchev–Trinajstić information content (AvgIpc) is 2.92. The number of para-hydroxylation sites is 1. The van der Waals surface area contributed by atoms with Gasteiger partial charge in [-0.1, -0.05) is 35.9 Å². The van der Waals surface area contributed by atoms with Gasteiger partial charge in [-0.25, -0.2) is 0 Å². The van der Waals surface area contributed by atoms with Gasteiger partial charge in [-0.05, 0) is 36.8 Å². The van der Waals surface area contributed by atoms with Crippen LogP contribution in [0, 0.1) is 12.8 Å². The number of hydrogen-bond donors (Lipinski definition) is 1. The fourth-order valence-corrected chi connectivity index (χ4v) is 2.91. The van der Waals surface area contributed by atoms with Crippen LogP contribution < -0.4 is 10.2 Å². The van der Waals surface area contributed by atoms with E-state index in [2.05, 4.69) is 5.32 Å². The fourth-order valence-electron chi connectivity index (χ4n) is 2.73. The first-order chi connectivity index (χ1) is 11.0. The molecule has 118 valence electrons. The number of carbonyl (C=O) groups is 2. The van der Waals surface area contributed by atoms with E-state index in [0.29, 0.717) is 17.3 Å². The van der Waals surface area contributed by atoms with Crippen LogP contribution in [-0.2, 0) is 9.59 Å². The van der Waals surface area contributed by atoms with Crippen molar-refractivity contribution in [2.75, 3.05) is 16.8 Å². The SMILES string of the molecule is Cc1cccc(N2C[C@@H](C(=O)Nc3ccccc3Cl)CC2=O)c1. The first kappa shape index (κ1) is 15.6. The van der Waals surface area contributed by atoms with Crippen LogP contribution in [0.15, 0.2) is 48.5 Å². The lowest BCUT2D eigenvalue weighted by Crippen LogP contribution is -2.28. The van der Waals surface area contributed by atoms with Gasteiger partial charge >= 0.3 is 0 Å². The molecule has 4 nitrogen and oxygen atoms in total. The van der Waals surface area contributed by atoms with Crippen LogP contribution >= 0.6 is 11.6 Å². The number of nitrogens with zero attached hydrogens (tertiary/aromatic N) is 1. The van der Waals surface area contributed by atoms with Gasteiger partial charge in [0.2, 0.25) is 11.8 Å². The van der Waals surface area contributed by atoms with Crippen LogP contribution in [0.2, 0.25) is 5.02 Å². The van der Waals surface area contributed by atoms with Crippen molar-refractivity contribution in [2.24, 2.45) is 5.92 Å². The van der Waals surface area contributed by atoms with Crippen molar-refractivity contribution in [2.45, 2.75) is 13.3 Å². The fraction of sp³-hybridized carbons (Fsp3) is 0.222. The molecule has 2 aromatic carbocycles. The lowest BCUT2D eigenvalue weighted by atomic mass is 10.1. The molecule has 2 amide bonds. The summed E-state index contributed by atoms with van der Waals surface area (Å²) in [6.45, 7) is 2.37. The molecular weight excluding hydrogens is 312 g/mol. The van der Waals surface area contributed by atoms with E-state index in [4.69, 9.17) is 11.6 Å². The van der Waals surface area contributed by atoms with Gasteiger partial charge in [-0.2, -0.15) is 0 Å². The van der Waals surface area contributed by atoms with Gasteiger partial charge in [0.05, 0.1) is 16.6 Å². The van der Waals surface area contributed by atoms with Crippen LogP contribution in [0.25, 0.3) is 0 Å². The maximum Gasteiger partial charge on any atom is 0.229 e. The first-order valence-corrected chi connectivity index (χ1v) is 7.85. The lowest BCUT2D eigenvalue weighted by Gasteiger charge is -2.17. The molecule has 2 aromatic rings. The summed E-state index contributed by atoms with van der Waals surface area (Å²) in [4.78, 5) is 26.3. The molecule has 1 aliphatic rings. The Labute approximate surface area is 140 Å². The molecule has 1 N–H and O–H groups in total. The number of aryl methyl sites for hydroxylation is 1. The molecule has 1 aliphatic heterocycles. The molecule has 23 heavy (non-hydrogen) atoms. The van der Waals surface area contributed by atoms with E-state index in [1.54, 1.807) is 29.2 Å². The molecule has 0 aromatic heterocycles. The predicted octanol–water partition coefficient (Wildman–Crippen LogP) is 3.64. The summed E-state index contributed by atoms with van der Waals surface area (Å²) in [6, 6.07) is 14.8. The third-order valence-electron chi connectivity index (χ3n) is 3.94. The second-order valence-corrected chi connectivity index (χ2v) is 6.12. The van der Waals surface area contributed by atoms with Crippen molar-refractivity contribution in [3.63, 3.8) is 0 Å². The minimum Gasteiger partial charge on any atom is -0.324 e. The molecule has 1 saturated heterocycles. The largest absolute Gasteiger partial charge is 0.324 e. The molecule has 0 spiro atoms. The quantitative estimate of drug-likeness (QED) is 0.935. The molecular formula is C18H17ClN2O2. The van der Waals surface area contributed by atoms with Gasteiger partial charge < -0.3 is 10.2 Å². The van der Waals surface area contributed by atoms with Gasteiger partial charge in [0.15, 0.2) is 0 Å². The van der Waals surface area contributed by atoms with Crippen molar-refractivity contribution >= 4 is 34.8 Å².